The predicted octanol–water partition coefficient (Wildman–Crippen LogP) is 1.18. The molecule has 0 aliphatic heterocycles. The third-order valence-electron chi connectivity index (χ3n) is 2.76. The Morgan fingerprint density at radius 1 is 1.35 bits per heavy atom. The molecule has 2 aromatic rings. The maximum atomic E-state index is 11.9. The first-order valence-electron chi connectivity index (χ1n) is 5.90. The van der Waals surface area contributed by atoms with Crippen LogP contribution in [0.4, 0.5) is 11.5 Å². The van der Waals surface area contributed by atoms with Gasteiger partial charge in [0, 0.05) is 11.4 Å². The Morgan fingerprint density at radius 2 is 2.00 bits per heavy atom. The zero-order chi connectivity index (χ0) is 14.7. The van der Waals surface area contributed by atoms with E-state index in [1.165, 1.54) is 0 Å². The summed E-state index contributed by atoms with van der Waals surface area (Å²) >= 11 is 0. The van der Waals surface area contributed by atoms with Gasteiger partial charge in [0.1, 0.15) is 5.56 Å². The number of nitrogens with one attached hydrogen (secondary N) is 2. The number of rotatable bonds is 4. The number of amides is 1. The van der Waals surface area contributed by atoms with E-state index in [0.717, 1.165) is 5.56 Å². The number of carboxylic acids is 1. The van der Waals surface area contributed by atoms with Crippen LogP contribution in [0.2, 0.25) is 0 Å². The van der Waals surface area contributed by atoms with Gasteiger partial charge in [-0.05, 0) is 24.6 Å². The molecule has 0 aliphatic carbocycles. The molecule has 2 rings (SSSR count). The van der Waals surface area contributed by atoms with Gasteiger partial charge in [0.15, 0.2) is 5.82 Å². The minimum Gasteiger partial charge on any atom is -0.477 e. The number of H-pyrrole nitrogens is 1. The van der Waals surface area contributed by atoms with Crippen LogP contribution in [0.15, 0.2) is 24.3 Å². The molecule has 0 spiro atoms. The Labute approximate surface area is 114 Å². The van der Waals surface area contributed by atoms with Crippen LogP contribution in [-0.2, 0) is 11.2 Å². The summed E-state index contributed by atoms with van der Waals surface area (Å²) in [5.41, 5.74) is 7.31. The van der Waals surface area contributed by atoms with Crippen molar-refractivity contribution in [3.63, 3.8) is 0 Å². The summed E-state index contributed by atoms with van der Waals surface area (Å²) < 4.78 is 0. The summed E-state index contributed by atoms with van der Waals surface area (Å²) in [6, 6.07) is 6.87. The molecule has 5 N–H and O–H groups in total. The quantitative estimate of drug-likeness (QED) is 0.624. The van der Waals surface area contributed by atoms with Crippen molar-refractivity contribution in [2.45, 2.75) is 13.3 Å². The summed E-state index contributed by atoms with van der Waals surface area (Å²) in [4.78, 5) is 22.9. The van der Waals surface area contributed by atoms with Crippen molar-refractivity contribution in [2.75, 3.05) is 11.1 Å². The van der Waals surface area contributed by atoms with E-state index >= 15 is 0 Å². The highest BCUT2D eigenvalue weighted by Gasteiger charge is 2.18. The van der Waals surface area contributed by atoms with Gasteiger partial charge >= 0.3 is 5.97 Å². The van der Waals surface area contributed by atoms with E-state index in [1.807, 2.05) is 0 Å². The summed E-state index contributed by atoms with van der Waals surface area (Å²) in [5, 5.41) is 17.8. The molecule has 0 saturated carbocycles. The molecule has 1 heterocycles. The van der Waals surface area contributed by atoms with Gasteiger partial charge in [-0.25, -0.2) is 4.79 Å². The van der Waals surface area contributed by atoms with Gasteiger partial charge in [0.05, 0.1) is 6.42 Å². The Morgan fingerprint density at radius 3 is 2.60 bits per heavy atom. The normalized spacial score (nSPS) is 10.2. The SMILES string of the molecule is Cc1[nH]nc(NC(=O)Cc2ccc(N)cc2)c1C(=O)O. The van der Waals surface area contributed by atoms with Crippen molar-refractivity contribution in [3.8, 4) is 0 Å². The Kier molecular flexibility index (Phi) is 3.69. The van der Waals surface area contributed by atoms with Gasteiger partial charge < -0.3 is 16.2 Å². The Bertz CT molecular complexity index is 646. The lowest BCUT2D eigenvalue weighted by molar-refractivity contribution is -0.115. The van der Waals surface area contributed by atoms with Crippen molar-refractivity contribution < 1.29 is 14.7 Å². The average molecular weight is 274 g/mol. The van der Waals surface area contributed by atoms with E-state index in [4.69, 9.17) is 10.8 Å². The fraction of sp³-hybridized carbons (Fsp3) is 0.154. The third kappa shape index (κ3) is 2.94. The van der Waals surface area contributed by atoms with Crippen molar-refractivity contribution in [1.29, 1.82) is 0 Å². The topological polar surface area (TPSA) is 121 Å². The van der Waals surface area contributed by atoms with E-state index in [-0.39, 0.29) is 23.7 Å². The molecule has 7 heteroatoms. The second kappa shape index (κ2) is 5.43. The molecular formula is C13H14N4O3. The first-order valence-corrected chi connectivity index (χ1v) is 5.90. The van der Waals surface area contributed by atoms with Crippen LogP contribution in [0.3, 0.4) is 0 Å². The number of carbonyl (C=O) groups excluding carboxylic acids is 1. The van der Waals surface area contributed by atoms with Gasteiger partial charge in [0.2, 0.25) is 5.91 Å². The van der Waals surface area contributed by atoms with E-state index in [9.17, 15) is 9.59 Å². The molecule has 0 saturated heterocycles. The Balaban J connectivity index is 2.09. The smallest absolute Gasteiger partial charge is 0.341 e. The molecule has 0 unspecified atom stereocenters. The van der Waals surface area contributed by atoms with Crippen LogP contribution in [0.25, 0.3) is 0 Å². The Hall–Kier alpha value is -2.83. The summed E-state index contributed by atoms with van der Waals surface area (Å²) in [6.45, 7) is 1.58. The zero-order valence-corrected chi connectivity index (χ0v) is 10.8. The lowest BCUT2D eigenvalue weighted by Crippen LogP contribution is -2.16. The number of nitrogens with zero attached hydrogens (tertiary/aromatic N) is 1. The number of hydrogen-bond acceptors (Lipinski definition) is 4. The number of hydrogen-bond donors (Lipinski definition) is 4. The largest absolute Gasteiger partial charge is 0.477 e. The predicted molar refractivity (Wildman–Crippen MR) is 73.5 cm³/mol. The van der Waals surface area contributed by atoms with E-state index in [1.54, 1.807) is 31.2 Å². The minimum atomic E-state index is -1.14. The lowest BCUT2D eigenvalue weighted by atomic mass is 10.1. The molecule has 0 fully saturated rings. The molecule has 0 atom stereocenters. The van der Waals surface area contributed by atoms with Gasteiger partial charge in [0.25, 0.3) is 0 Å². The molecule has 1 aromatic carbocycles. The first-order chi connectivity index (χ1) is 9.47. The molecule has 0 radical (unpaired) electrons. The molecule has 1 aromatic heterocycles. The number of aromatic nitrogens is 2. The standard InChI is InChI=1S/C13H14N4O3/c1-7-11(13(19)20)12(17-16-7)15-10(18)6-8-2-4-9(14)5-3-8/h2-5H,6,14H2,1H3,(H,19,20)(H2,15,16,17,18). The van der Waals surface area contributed by atoms with E-state index in [0.29, 0.717) is 11.4 Å². The molecule has 0 aliphatic rings. The van der Waals surface area contributed by atoms with Crippen LogP contribution in [0, 0.1) is 6.92 Å². The average Bonchev–Trinajstić information content (AvgIpc) is 2.73. The molecule has 20 heavy (non-hydrogen) atoms. The fourth-order valence-electron chi connectivity index (χ4n) is 1.78. The number of carboxylic acid groups (broad SMARTS) is 1. The van der Waals surface area contributed by atoms with Gasteiger partial charge in [-0.1, -0.05) is 12.1 Å². The number of carbonyl (C=O) groups is 2. The highest BCUT2D eigenvalue weighted by atomic mass is 16.4. The molecule has 0 bridgehead atoms. The fourth-order valence-corrected chi connectivity index (χ4v) is 1.78. The highest BCUT2D eigenvalue weighted by Crippen LogP contribution is 2.16. The molecular weight excluding hydrogens is 260 g/mol. The minimum absolute atomic E-state index is 0.0236. The summed E-state index contributed by atoms with van der Waals surface area (Å²) in [6.07, 6.45) is 0.116. The number of aromatic carboxylic acids is 1. The van der Waals surface area contributed by atoms with E-state index < -0.39 is 5.97 Å². The second-order valence-electron chi connectivity index (χ2n) is 4.34. The van der Waals surface area contributed by atoms with Crippen LogP contribution in [0.5, 0.6) is 0 Å². The monoisotopic (exact) mass is 274 g/mol. The molecule has 1 amide bonds. The maximum absolute atomic E-state index is 11.9. The van der Waals surface area contributed by atoms with Gasteiger partial charge in [-0.3, -0.25) is 9.89 Å². The van der Waals surface area contributed by atoms with Crippen molar-refractivity contribution in [2.24, 2.45) is 0 Å². The summed E-state index contributed by atoms with van der Waals surface area (Å²) in [5.74, 6) is -1.46. The number of nitrogen functional groups attached to an aromatic ring is 1. The first kappa shape index (κ1) is 13.6. The van der Waals surface area contributed by atoms with Gasteiger partial charge in [-0.2, -0.15) is 5.10 Å². The van der Waals surface area contributed by atoms with Crippen LogP contribution < -0.4 is 11.1 Å². The van der Waals surface area contributed by atoms with Crippen LogP contribution in [-0.4, -0.2) is 27.2 Å². The van der Waals surface area contributed by atoms with Gasteiger partial charge in [-0.15, -0.1) is 0 Å². The molecule has 7 nitrogen and oxygen atoms in total. The number of benzene rings is 1. The van der Waals surface area contributed by atoms with Crippen molar-refractivity contribution in [3.05, 3.63) is 41.1 Å². The highest BCUT2D eigenvalue weighted by molar-refractivity contribution is 6.00. The third-order valence-corrected chi connectivity index (χ3v) is 2.76. The molecule has 104 valence electrons. The van der Waals surface area contributed by atoms with Crippen molar-refractivity contribution >= 4 is 23.4 Å². The zero-order valence-electron chi connectivity index (χ0n) is 10.8. The van der Waals surface area contributed by atoms with Crippen LogP contribution in [0.1, 0.15) is 21.6 Å². The van der Waals surface area contributed by atoms with Crippen LogP contribution >= 0.6 is 0 Å². The number of nitrogens with two attached hydrogens (primary N) is 1. The second-order valence-corrected chi connectivity index (χ2v) is 4.34. The summed E-state index contributed by atoms with van der Waals surface area (Å²) in [7, 11) is 0. The van der Waals surface area contributed by atoms with Crippen molar-refractivity contribution in [1.82, 2.24) is 10.2 Å². The number of anilines is 2. The lowest BCUT2D eigenvalue weighted by Gasteiger charge is -2.04. The maximum Gasteiger partial charge on any atom is 0.341 e. The number of aryl methyl sites for hydroxylation is 1. The number of aromatic amines is 1. The van der Waals surface area contributed by atoms with E-state index in [2.05, 4.69) is 15.5 Å².